The third kappa shape index (κ3) is 5.30. The zero-order valence-corrected chi connectivity index (χ0v) is 19.7. The SMILES string of the molecule is CC(C)CC#Cc1ccc([C@H]2[C@H](CO)N3CCCCN(C(=O)NC4CCCC4)C[C@@H]23)cc1. The Labute approximate surface area is 193 Å². The Bertz CT molecular complexity index is 820. The molecule has 2 amide bonds. The van der Waals surface area contributed by atoms with E-state index in [9.17, 15) is 9.90 Å². The van der Waals surface area contributed by atoms with Gasteiger partial charge in [0, 0.05) is 49.1 Å². The van der Waals surface area contributed by atoms with E-state index >= 15 is 0 Å². The average Bonchev–Trinajstić information content (AvgIpc) is 3.26. The first kappa shape index (κ1) is 23.1. The standard InChI is InChI=1S/C27H39N3O2/c1-20(2)8-7-9-21-12-14-22(15-13-21)26-24-18-29(27(32)28-23-10-3-4-11-23)16-5-6-17-30(24)25(26)19-31/h12-15,20,23-26,31H,3-6,8,10-11,16-19H2,1-2H3,(H,28,32)/t24-,25-,26+/m0/s1. The van der Waals surface area contributed by atoms with Crippen molar-refractivity contribution in [2.24, 2.45) is 5.92 Å². The fourth-order valence-corrected chi connectivity index (χ4v) is 5.61. The maximum atomic E-state index is 13.0. The Morgan fingerprint density at radius 3 is 2.53 bits per heavy atom. The van der Waals surface area contributed by atoms with Crippen molar-refractivity contribution < 1.29 is 9.90 Å². The number of urea groups is 1. The lowest BCUT2D eigenvalue weighted by atomic mass is 9.74. The van der Waals surface area contributed by atoms with Crippen molar-refractivity contribution >= 4 is 6.03 Å². The van der Waals surface area contributed by atoms with Crippen LogP contribution < -0.4 is 5.32 Å². The second-order valence-electron chi connectivity index (χ2n) is 10.2. The molecule has 3 atom stereocenters. The van der Waals surface area contributed by atoms with E-state index in [0.717, 1.165) is 57.3 Å². The topological polar surface area (TPSA) is 55.8 Å². The predicted octanol–water partition coefficient (Wildman–Crippen LogP) is 3.96. The zero-order chi connectivity index (χ0) is 22.5. The van der Waals surface area contributed by atoms with Crippen LogP contribution in [0, 0.1) is 17.8 Å². The lowest BCUT2D eigenvalue weighted by Crippen LogP contribution is -2.68. The average molecular weight is 438 g/mol. The summed E-state index contributed by atoms with van der Waals surface area (Å²) in [5.74, 6) is 7.35. The Morgan fingerprint density at radius 1 is 1.12 bits per heavy atom. The molecule has 2 saturated heterocycles. The molecule has 0 aromatic heterocycles. The van der Waals surface area contributed by atoms with Gasteiger partial charge in [0.05, 0.1) is 6.61 Å². The van der Waals surface area contributed by atoms with E-state index in [2.05, 4.69) is 60.2 Å². The summed E-state index contributed by atoms with van der Waals surface area (Å²) in [6, 6.07) is 9.39. The largest absolute Gasteiger partial charge is 0.395 e. The number of hydrogen-bond acceptors (Lipinski definition) is 3. The summed E-state index contributed by atoms with van der Waals surface area (Å²) < 4.78 is 0. The molecule has 2 heterocycles. The minimum atomic E-state index is 0.0979. The summed E-state index contributed by atoms with van der Waals surface area (Å²) in [5, 5.41) is 13.4. The van der Waals surface area contributed by atoms with Crippen LogP contribution in [0.1, 0.15) is 75.8 Å². The highest BCUT2D eigenvalue weighted by Gasteiger charge is 2.49. The second kappa shape index (κ2) is 10.7. The van der Waals surface area contributed by atoms with E-state index in [1.165, 1.54) is 18.4 Å². The molecule has 1 aromatic rings. The van der Waals surface area contributed by atoms with Crippen LogP contribution in [-0.2, 0) is 0 Å². The minimum absolute atomic E-state index is 0.0979. The molecule has 2 N–H and O–H groups in total. The van der Waals surface area contributed by atoms with Gasteiger partial charge in [-0.05, 0) is 55.8 Å². The Kier molecular flexibility index (Phi) is 7.75. The third-order valence-corrected chi connectivity index (χ3v) is 7.38. The first-order valence-electron chi connectivity index (χ1n) is 12.6. The minimum Gasteiger partial charge on any atom is -0.395 e. The fourth-order valence-electron chi connectivity index (χ4n) is 5.61. The summed E-state index contributed by atoms with van der Waals surface area (Å²) >= 11 is 0. The number of fused-ring (bicyclic) bond motifs is 1. The van der Waals surface area contributed by atoms with Crippen LogP contribution in [0.4, 0.5) is 4.79 Å². The number of aliphatic hydroxyl groups excluding tert-OH is 1. The summed E-state index contributed by atoms with van der Waals surface area (Å²) in [5.41, 5.74) is 2.29. The molecule has 32 heavy (non-hydrogen) atoms. The van der Waals surface area contributed by atoms with Gasteiger partial charge in [-0.15, -0.1) is 0 Å². The number of rotatable bonds is 4. The van der Waals surface area contributed by atoms with E-state index in [4.69, 9.17) is 0 Å². The van der Waals surface area contributed by atoms with Crippen molar-refractivity contribution in [3.05, 3.63) is 35.4 Å². The van der Waals surface area contributed by atoms with E-state index in [1.807, 2.05) is 4.90 Å². The lowest BCUT2D eigenvalue weighted by molar-refractivity contribution is -0.0591. The van der Waals surface area contributed by atoms with Crippen molar-refractivity contribution in [1.82, 2.24) is 15.1 Å². The van der Waals surface area contributed by atoms with E-state index in [1.54, 1.807) is 0 Å². The smallest absolute Gasteiger partial charge is 0.317 e. The molecule has 5 nitrogen and oxygen atoms in total. The number of nitrogens with zero attached hydrogens (tertiary/aromatic N) is 2. The molecular formula is C27H39N3O2. The number of carbonyl (C=O) groups excluding carboxylic acids is 1. The third-order valence-electron chi connectivity index (χ3n) is 7.38. The number of benzene rings is 1. The molecule has 1 aromatic carbocycles. The van der Waals surface area contributed by atoms with E-state index in [-0.39, 0.29) is 30.6 Å². The highest BCUT2D eigenvalue weighted by Crippen LogP contribution is 2.42. The molecule has 3 fully saturated rings. The molecule has 0 bridgehead atoms. The van der Waals surface area contributed by atoms with Gasteiger partial charge in [0.15, 0.2) is 0 Å². The van der Waals surface area contributed by atoms with Gasteiger partial charge in [0.2, 0.25) is 0 Å². The van der Waals surface area contributed by atoms with Crippen LogP contribution in [0.25, 0.3) is 0 Å². The Morgan fingerprint density at radius 2 is 1.84 bits per heavy atom. The number of amides is 2. The zero-order valence-electron chi connectivity index (χ0n) is 19.7. The van der Waals surface area contributed by atoms with Crippen molar-refractivity contribution in [2.45, 2.75) is 82.8 Å². The van der Waals surface area contributed by atoms with Crippen LogP contribution in [0.2, 0.25) is 0 Å². The number of hydrogen-bond donors (Lipinski definition) is 2. The number of nitrogens with one attached hydrogen (secondary N) is 1. The van der Waals surface area contributed by atoms with Crippen LogP contribution in [0.5, 0.6) is 0 Å². The maximum absolute atomic E-state index is 13.0. The summed E-state index contributed by atoms with van der Waals surface area (Å²) in [4.78, 5) is 17.5. The van der Waals surface area contributed by atoms with Gasteiger partial charge in [-0.3, -0.25) is 4.90 Å². The molecule has 0 unspecified atom stereocenters. The van der Waals surface area contributed by atoms with Crippen molar-refractivity contribution in [3.8, 4) is 11.8 Å². The van der Waals surface area contributed by atoms with Crippen molar-refractivity contribution in [1.29, 1.82) is 0 Å². The summed E-state index contributed by atoms with van der Waals surface area (Å²) in [7, 11) is 0. The first-order valence-corrected chi connectivity index (χ1v) is 12.6. The van der Waals surface area contributed by atoms with Crippen LogP contribution in [0.15, 0.2) is 24.3 Å². The molecule has 174 valence electrons. The van der Waals surface area contributed by atoms with Crippen LogP contribution in [-0.4, -0.2) is 65.3 Å². The molecule has 2 aliphatic heterocycles. The molecule has 1 saturated carbocycles. The van der Waals surface area contributed by atoms with Crippen molar-refractivity contribution in [3.63, 3.8) is 0 Å². The highest BCUT2D eigenvalue weighted by molar-refractivity contribution is 5.74. The fraction of sp³-hybridized carbons (Fsp3) is 0.667. The Hall–Kier alpha value is -2.03. The molecule has 3 aliphatic rings. The van der Waals surface area contributed by atoms with Gasteiger partial charge in [0.1, 0.15) is 0 Å². The summed E-state index contributed by atoms with van der Waals surface area (Å²) in [6.45, 7) is 7.08. The van der Waals surface area contributed by atoms with Gasteiger partial charge in [0.25, 0.3) is 0 Å². The molecule has 5 heteroatoms. The second-order valence-corrected chi connectivity index (χ2v) is 10.2. The van der Waals surface area contributed by atoms with E-state index < -0.39 is 0 Å². The van der Waals surface area contributed by atoms with Crippen LogP contribution >= 0.6 is 0 Å². The lowest BCUT2D eigenvalue weighted by Gasteiger charge is -2.57. The van der Waals surface area contributed by atoms with Gasteiger partial charge in [-0.1, -0.05) is 50.7 Å². The number of aliphatic hydroxyl groups is 1. The van der Waals surface area contributed by atoms with Gasteiger partial charge in [-0.25, -0.2) is 4.79 Å². The predicted molar refractivity (Wildman–Crippen MR) is 128 cm³/mol. The molecule has 1 aliphatic carbocycles. The van der Waals surface area contributed by atoms with Crippen molar-refractivity contribution in [2.75, 3.05) is 26.2 Å². The van der Waals surface area contributed by atoms with Gasteiger partial charge in [-0.2, -0.15) is 0 Å². The maximum Gasteiger partial charge on any atom is 0.317 e. The molecule has 0 radical (unpaired) electrons. The molecule has 4 rings (SSSR count). The molecular weight excluding hydrogens is 398 g/mol. The monoisotopic (exact) mass is 437 g/mol. The molecule has 0 spiro atoms. The van der Waals surface area contributed by atoms with E-state index in [0.29, 0.717) is 12.0 Å². The van der Waals surface area contributed by atoms with Crippen LogP contribution in [0.3, 0.4) is 0 Å². The normalized spacial score (nSPS) is 26.5. The quantitative estimate of drug-likeness (QED) is 0.701. The highest BCUT2D eigenvalue weighted by atomic mass is 16.3. The first-order chi connectivity index (χ1) is 15.6. The number of carbonyl (C=O) groups is 1. The van der Waals surface area contributed by atoms with Gasteiger partial charge < -0.3 is 15.3 Å². The van der Waals surface area contributed by atoms with Gasteiger partial charge >= 0.3 is 6.03 Å². The summed E-state index contributed by atoms with van der Waals surface area (Å²) in [6.07, 6.45) is 7.66. The Balaban J connectivity index is 1.46.